The molecule has 2 atom stereocenters. The average molecular weight is 242 g/mol. The van der Waals surface area contributed by atoms with Gasteiger partial charge in [-0.15, -0.1) is 0 Å². The monoisotopic (exact) mass is 242 g/mol. The fourth-order valence-corrected chi connectivity index (χ4v) is 1.09. The van der Waals surface area contributed by atoms with Crippen molar-refractivity contribution in [3.8, 4) is 0 Å². The van der Waals surface area contributed by atoms with Crippen molar-refractivity contribution in [2.24, 2.45) is 0 Å². The second-order valence-electron chi connectivity index (χ2n) is 1.73. The highest BCUT2D eigenvalue weighted by atomic mass is 127. The smallest absolute Gasteiger partial charge is 0.167 e. The highest BCUT2D eigenvalue weighted by Gasteiger charge is 2.23. The van der Waals surface area contributed by atoms with E-state index in [4.69, 9.17) is 9.47 Å². The van der Waals surface area contributed by atoms with Crippen LogP contribution in [-0.2, 0) is 14.3 Å². The lowest BCUT2D eigenvalue weighted by Crippen LogP contribution is -2.13. The summed E-state index contributed by atoms with van der Waals surface area (Å²) in [6.07, 6.45) is 0.275. The van der Waals surface area contributed by atoms with E-state index in [2.05, 4.69) is 22.6 Å². The number of hydrogen-bond donors (Lipinski definition) is 0. The van der Waals surface area contributed by atoms with Crippen LogP contribution in [0.15, 0.2) is 0 Å². The number of carbonyl (C=O) groups is 1. The van der Waals surface area contributed by atoms with E-state index >= 15 is 0 Å². The Morgan fingerprint density at radius 1 is 1.78 bits per heavy atom. The van der Waals surface area contributed by atoms with Gasteiger partial charge >= 0.3 is 0 Å². The van der Waals surface area contributed by atoms with Crippen LogP contribution < -0.4 is 0 Å². The van der Waals surface area contributed by atoms with E-state index in [1.165, 1.54) is 0 Å². The molecule has 0 amide bonds. The Hall–Kier alpha value is 0.320. The number of hydrogen-bond acceptors (Lipinski definition) is 3. The van der Waals surface area contributed by atoms with Crippen LogP contribution >= 0.6 is 22.6 Å². The van der Waals surface area contributed by atoms with Crippen LogP contribution in [0.25, 0.3) is 0 Å². The Morgan fingerprint density at radius 3 is 2.89 bits per heavy atom. The number of halogens is 1. The normalized spacial score (nSPS) is 34.8. The SMILES string of the molecule is O=C[C@H]1CO[C@H](CI)O1. The summed E-state index contributed by atoms with van der Waals surface area (Å²) in [6.45, 7) is 0.414. The standard InChI is InChI=1S/C5H7IO3/c6-1-5-8-3-4(2-7)9-5/h2,4-5H,1,3H2/t4-,5-/m0/s1. The molecule has 0 unspecified atom stereocenters. The zero-order valence-corrected chi connectivity index (χ0v) is 6.91. The van der Waals surface area contributed by atoms with E-state index < -0.39 is 0 Å². The molecule has 1 fully saturated rings. The molecular formula is C5H7IO3. The summed E-state index contributed by atoms with van der Waals surface area (Å²) in [5.74, 6) is 0. The van der Waals surface area contributed by atoms with Gasteiger partial charge in [-0.25, -0.2) is 0 Å². The second kappa shape index (κ2) is 3.48. The molecule has 1 saturated heterocycles. The lowest BCUT2D eigenvalue weighted by molar-refractivity contribution is -0.117. The van der Waals surface area contributed by atoms with Crippen molar-refractivity contribution in [3.05, 3.63) is 0 Å². The predicted octanol–water partition coefficient (Wildman–Crippen LogP) is 0.362. The fraction of sp³-hybridized carbons (Fsp3) is 0.800. The molecular weight excluding hydrogens is 235 g/mol. The highest BCUT2D eigenvalue weighted by molar-refractivity contribution is 14.1. The first-order chi connectivity index (χ1) is 4.36. The molecule has 0 radical (unpaired) electrons. The van der Waals surface area contributed by atoms with E-state index in [1.54, 1.807) is 0 Å². The zero-order valence-electron chi connectivity index (χ0n) is 4.75. The van der Waals surface area contributed by atoms with E-state index in [0.29, 0.717) is 6.61 Å². The van der Waals surface area contributed by atoms with Crippen molar-refractivity contribution in [3.63, 3.8) is 0 Å². The van der Waals surface area contributed by atoms with Crippen LogP contribution in [-0.4, -0.2) is 29.7 Å². The van der Waals surface area contributed by atoms with Crippen LogP contribution in [0, 0.1) is 0 Å². The molecule has 52 valence electrons. The summed E-state index contributed by atoms with van der Waals surface area (Å²) in [5, 5.41) is 0. The maximum absolute atomic E-state index is 10.1. The van der Waals surface area contributed by atoms with Crippen molar-refractivity contribution in [1.29, 1.82) is 0 Å². The minimum Gasteiger partial charge on any atom is -0.349 e. The van der Waals surface area contributed by atoms with Crippen LogP contribution in [0.2, 0.25) is 0 Å². The second-order valence-corrected chi connectivity index (χ2v) is 2.61. The van der Waals surface area contributed by atoms with E-state index in [1.807, 2.05) is 0 Å². The summed E-state index contributed by atoms with van der Waals surface area (Å²) in [7, 11) is 0. The molecule has 0 spiro atoms. The largest absolute Gasteiger partial charge is 0.349 e. The Balaban J connectivity index is 2.28. The van der Waals surface area contributed by atoms with Gasteiger partial charge in [0.1, 0.15) is 6.10 Å². The first-order valence-electron chi connectivity index (χ1n) is 2.65. The van der Waals surface area contributed by atoms with Crippen molar-refractivity contribution < 1.29 is 14.3 Å². The topological polar surface area (TPSA) is 35.5 Å². The molecule has 0 bridgehead atoms. The first kappa shape index (κ1) is 7.43. The molecule has 1 rings (SSSR count). The third kappa shape index (κ3) is 1.87. The zero-order chi connectivity index (χ0) is 6.69. The van der Waals surface area contributed by atoms with Crippen LogP contribution in [0.5, 0.6) is 0 Å². The number of alkyl halides is 1. The van der Waals surface area contributed by atoms with Gasteiger partial charge in [0.25, 0.3) is 0 Å². The summed E-state index contributed by atoms with van der Waals surface area (Å²) in [6, 6.07) is 0. The predicted molar refractivity (Wildman–Crippen MR) is 39.6 cm³/mol. The van der Waals surface area contributed by atoms with Gasteiger partial charge in [-0.2, -0.15) is 0 Å². The van der Waals surface area contributed by atoms with Gasteiger partial charge in [0.2, 0.25) is 0 Å². The maximum Gasteiger partial charge on any atom is 0.167 e. The molecule has 9 heavy (non-hydrogen) atoms. The molecule has 1 heterocycles. The summed E-state index contributed by atoms with van der Waals surface area (Å²) in [5.41, 5.74) is 0. The summed E-state index contributed by atoms with van der Waals surface area (Å²) >= 11 is 2.15. The summed E-state index contributed by atoms with van der Waals surface area (Å²) in [4.78, 5) is 10.1. The van der Waals surface area contributed by atoms with Gasteiger partial charge in [-0.3, -0.25) is 0 Å². The molecule has 0 aromatic rings. The third-order valence-electron chi connectivity index (χ3n) is 1.05. The molecule has 0 saturated carbocycles. The number of aldehydes is 1. The van der Waals surface area contributed by atoms with Crippen molar-refractivity contribution in [2.75, 3.05) is 11.0 Å². The molecule has 0 aromatic carbocycles. The van der Waals surface area contributed by atoms with Gasteiger partial charge in [0.05, 0.1) is 11.0 Å². The van der Waals surface area contributed by atoms with Crippen molar-refractivity contribution in [2.45, 2.75) is 12.4 Å². The van der Waals surface area contributed by atoms with Gasteiger partial charge in [0.15, 0.2) is 12.6 Å². The molecule has 0 aromatic heterocycles. The molecule has 0 aliphatic carbocycles. The lowest BCUT2D eigenvalue weighted by atomic mass is 10.4. The number of rotatable bonds is 2. The van der Waals surface area contributed by atoms with E-state index in [0.717, 1.165) is 10.7 Å². The van der Waals surface area contributed by atoms with E-state index in [-0.39, 0.29) is 12.4 Å². The third-order valence-corrected chi connectivity index (χ3v) is 1.77. The Kier molecular flexibility index (Phi) is 2.87. The molecule has 4 heteroatoms. The average Bonchev–Trinajstić information content (AvgIpc) is 2.34. The Bertz CT molecular complexity index is 106. The Morgan fingerprint density at radius 2 is 2.56 bits per heavy atom. The number of carbonyl (C=O) groups excluding carboxylic acids is 1. The van der Waals surface area contributed by atoms with E-state index in [9.17, 15) is 4.79 Å². The van der Waals surface area contributed by atoms with Gasteiger partial charge < -0.3 is 14.3 Å². The van der Waals surface area contributed by atoms with Gasteiger partial charge in [0, 0.05) is 0 Å². The lowest BCUT2D eigenvalue weighted by Gasteiger charge is -2.02. The molecule has 3 nitrogen and oxygen atoms in total. The molecule has 0 N–H and O–H groups in total. The van der Waals surface area contributed by atoms with Crippen LogP contribution in [0.1, 0.15) is 0 Å². The minimum absolute atomic E-state index is 0.166. The quantitative estimate of drug-likeness (QED) is 0.398. The van der Waals surface area contributed by atoms with Gasteiger partial charge in [-0.1, -0.05) is 22.6 Å². The van der Waals surface area contributed by atoms with Crippen LogP contribution in [0.3, 0.4) is 0 Å². The maximum atomic E-state index is 10.1. The minimum atomic E-state index is -0.329. The fourth-order valence-electron chi connectivity index (χ4n) is 0.628. The van der Waals surface area contributed by atoms with Crippen LogP contribution in [0.4, 0.5) is 0 Å². The van der Waals surface area contributed by atoms with Crippen molar-refractivity contribution in [1.82, 2.24) is 0 Å². The Labute approximate surface area is 66.8 Å². The highest BCUT2D eigenvalue weighted by Crippen LogP contribution is 2.11. The number of ether oxygens (including phenoxy) is 2. The van der Waals surface area contributed by atoms with Gasteiger partial charge in [-0.05, 0) is 0 Å². The van der Waals surface area contributed by atoms with Crippen molar-refractivity contribution >= 4 is 28.9 Å². The first-order valence-corrected chi connectivity index (χ1v) is 4.17. The molecule has 1 aliphatic heterocycles. The summed E-state index contributed by atoms with van der Waals surface area (Å²) < 4.78 is 10.9. The molecule has 1 aliphatic rings.